The molecule has 0 fully saturated rings. The third-order valence-corrected chi connectivity index (χ3v) is 5.50. The Morgan fingerprint density at radius 2 is 1.85 bits per heavy atom. The smallest absolute Gasteiger partial charge is 0.416 e. The average Bonchev–Trinajstić information content (AvgIpc) is 3.19. The van der Waals surface area contributed by atoms with Crippen LogP contribution in [0.5, 0.6) is 5.75 Å². The van der Waals surface area contributed by atoms with Gasteiger partial charge in [0.15, 0.2) is 11.0 Å². The lowest BCUT2D eigenvalue weighted by Crippen LogP contribution is -2.15. The summed E-state index contributed by atoms with van der Waals surface area (Å²) in [6.45, 7) is 5.12. The van der Waals surface area contributed by atoms with E-state index in [1.807, 2.05) is 18.4 Å². The van der Waals surface area contributed by atoms with E-state index in [0.717, 1.165) is 17.9 Å². The first-order valence-corrected chi connectivity index (χ1v) is 11.3. The first-order chi connectivity index (χ1) is 15.8. The average molecular weight is 480 g/mol. The van der Waals surface area contributed by atoms with E-state index in [1.165, 1.54) is 17.8 Å². The Bertz CT molecular complexity index is 1070. The zero-order valence-corrected chi connectivity index (χ0v) is 19.0. The number of benzene rings is 2. The van der Waals surface area contributed by atoms with Crippen molar-refractivity contribution < 1.29 is 22.7 Å². The summed E-state index contributed by atoms with van der Waals surface area (Å²) < 4.78 is 45.9. The third-order valence-electron chi connectivity index (χ3n) is 4.53. The number of hydrogen-bond acceptors (Lipinski definition) is 6. The van der Waals surface area contributed by atoms with E-state index in [1.54, 1.807) is 30.3 Å². The van der Waals surface area contributed by atoms with Crippen molar-refractivity contribution >= 4 is 29.0 Å². The van der Waals surface area contributed by atoms with Gasteiger partial charge in [-0.15, -0.1) is 10.2 Å². The standard InChI is InChI=1S/C22H24F3N5O2S/c1-3-30-19(13-26-17-7-5-6-15(12-17)22(23,24)25)28-29-21(30)33-14-20(31)27-16-8-10-18(11-9-16)32-4-2/h5-12,26H,3-4,13-14H2,1-2H3,(H,27,31). The number of nitrogens with one attached hydrogen (secondary N) is 2. The van der Waals surface area contributed by atoms with Crippen molar-refractivity contribution in [2.75, 3.05) is 23.0 Å². The molecule has 2 N–H and O–H groups in total. The van der Waals surface area contributed by atoms with E-state index >= 15 is 0 Å². The van der Waals surface area contributed by atoms with E-state index in [9.17, 15) is 18.0 Å². The van der Waals surface area contributed by atoms with Crippen LogP contribution in [0.3, 0.4) is 0 Å². The molecular formula is C22H24F3N5O2S. The van der Waals surface area contributed by atoms with Crippen molar-refractivity contribution in [3.05, 3.63) is 59.9 Å². The molecule has 0 saturated heterocycles. The molecule has 7 nitrogen and oxygen atoms in total. The number of halogens is 3. The molecule has 11 heteroatoms. The Labute approximate surface area is 193 Å². The second-order valence-electron chi connectivity index (χ2n) is 6.87. The van der Waals surface area contributed by atoms with Gasteiger partial charge in [-0.2, -0.15) is 13.2 Å². The number of nitrogens with zero attached hydrogens (tertiary/aromatic N) is 3. The van der Waals surface area contributed by atoms with Crippen molar-refractivity contribution in [2.45, 2.75) is 38.3 Å². The molecular weight excluding hydrogens is 455 g/mol. The highest BCUT2D eigenvalue weighted by molar-refractivity contribution is 7.99. The van der Waals surface area contributed by atoms with Gasteiger partial charge in [0.25, 0.3) is 0 Å². The summed E-state index contributed by atoms with van der Waals surface area (Å²) in [7, 11) is 0. The monoisotopic (exact) mass is 479 g/mol. The maximum absolute atomic E-state index is 12.9. The number of hydrogen-bond donors (Lipinski definition) is 2. The number of carbonyl (C=O) groups excluding carboxylic acids is 1. The second kappa shape index (κ2) is 11.1. The molecule has 3 rings (SSSR count). The number of amides is 1. The van der Waals surface area contributed by atoms with Crippen molar-refractivity contribution in [1.29, 1.82) is 0 Å². The SMILES string of the molecule is CCOc1ccc(NC(=O)CSc2nnc(CNc3cccc(C(F)(F)F)c3)n2CC)cc1. The van der Waals surface area contributed by atoms with E-state index in [0.29, 0.717) is 35.5 Å². The van der Waals surface area contributed by atoms with Gasteiger partial charge < -0.3 is 19.9 Å². The summed E-state index contributed by atoms with van der Waals surface area (Å²) >= 11 is 1.23. The fourth-order valence-corrected chi connectivity index (χ4v) is 3.81. The van der Waals surface area contributed by atoms with Crippen LogP contribution in [0.4, 0.5) is 24.5 Å². The van der Waals surface area contributed by atoms with Gasteiger partial charge in [-0.1, -0.05) is 17.8 Å². The number of ether oxygens (including phenoxy) is 1. The van der Waals surface area contributed by atoms with Crippen LogP contribution in [-0.4, -0.2) is 33.0 Å². The van der Waals surface area contributed by atoms with Gasteiger partial charge in [0, 0.05) is 17.9 Å². The van der Waals surface area contributed by atoms with Crippen LogP contribution in [0.15, 0.2) is 53.7 Å². The summed E-state index contributed by atoms with van der Waals surface area (Å²) in [5.74, 6) is 1.22. The maximum Gasteiger partial charge on any atom is 0.416 e. The number of thioether (sulfide) groups is 1. The molecule has 0 unspecified atom stereocenters. The molecule has 1 amide bonds. The first-order valence-electron chi connectivity index (χ1n) is 10.3. The quantitative estimate of drug-likeness (QED) is 0.396. The molecule has 0 aliphatic carbocycles. The van der Waals surface area contributed by atoms with Crippen molar-refractivity contribution in [2.24, 2.45) is 0 Å². The third kappa shape index (κ3) is 6.88. The lowest BCUT2D eigenvalue weighted by molar-refractivity contribution is -0.137. The van der Waals surface area contributed by atoms with Crippen molar-refractivity contribution in [3.8, 4) is 5.75 Å². The lowest BCUT2D eigenvalue weighted by Gasteiger charge is -2.11. The Morgan fingerprint density at radius 3 is 2.52 bits per heavy atom. The normalized spacial score (nSPS) is 11.3. The van der Waals surface area contributed by atoms with E-state index in [2.05, 4.69) is 20.8 Å². The molecule has 1 heterocycles. The largest absolute Gasteiger partial charge is 0.494 e. The highest BCUT2D eigenvalue weighted by Gasteiger charge is 2.30. The molecule has 3 aromatic rings. The molecule has 0 aliphatic heterocycles. The fraction of sp³-hybridized carbons (Fsp3) is 0.318. The Morgan fingerprint density at radius 1 is 1.09 bits per heavy atom. The van der Waals surface area contributed by atoms with Crippen LogP contribution in [-0.2, 0) is 24.1 Å². The van der Waals surface area contributed by atoms with E-state index in [4.69, 9.17) is 4.74 Å². The number of aromatic nitrogens is 3. The maximum atomic E-state index is 12.9. The van der Waals surface area contributed by atoms with Gasteiger partial charge in [0.05, 0.1) is 24.5 Å². The number of anilines is 2. The molecule has 1 aromatic heterocycles. The summed E-state index contributed by atoms with van der Waals surface area (Å²) in [5.41, 5.74) is 0.269. The Balaban J connectivity index is 1.56. The van der Waals surface area contributed by atoms with Crippen LogP contribution >= 0.6 is 11.8 Å². The van der Waals surface area contributed by atoms with Gasteiger partial charge >= 0.3 is 6.18 Å². The molecule has 0 spiro atoms. The summed E-state index contributed by atoms with van der Waals surface area (Å²) in [6.07, 6.45) is -4.41. The number of carbonyl (C=O) groups is 1. The highest BCUT2D eigenvalue weighted by atomic mass is 32.2. The topological polar surface area (TPSA) is 81.1 Å². The second-order valence-corrected chi connectivity index (χ2v) is 7.81. The van der Waals surface area contributed by atoms with Crippen LogP contribution in [0.25, 0.3) is 0 Å². The van der Waals surface area contributed by atoms with Crippen molar-refractivity contribution in [3.63, 3.8) is 0 Å². The molecule has 0 aliphatic rings. The lowest BCUT2D eigenvalue weighted by atomic mass is 10.2. The van der Waals surface area contributed by atoms with E-state index < -0.39 is 11.7 Å². The zero-order valence-electron chi connectivity index (χ0n) is 18.1. The summed E-state index contributed by atoms with van der Waals surface area (Å²) in [5, 5.41) is 14.6. The van der Waals surface area contributed by atoms with Gasteiger partial charge in [-0.3, -0.25) is 4.79 Å². The minimum Gasteiger partial charge on any atom is -0.494 e. The van der Waals surface area contributed by atoms with Gasteiger partial charge in [-0.05, 0) is 56.3 Å². The Hall–Kier alpha value is -3.21. The molecule has 176 valence electrons. The predicted molar refractivity (Wildman–Crippen MR) is 121 cm³/mol. The summed E-state index contributed by atoms with van der Waals surface area (Å²) in [6, 6.07) is 12.1. The van der Waals surface area contributed by atoms with Crippen molar-refractivity contribution in [1.82, 2.24) is 14.8 Å². The molecule has 33 heavy (non-hydrogen) atoms. The molecule has 0 bridgehead atoms. The minimum absolute atomic E-state index is 0.131. The Kier molecular flexibility index (Phi) is 8.21. The predicted octanol–water partition coefficient (Wildman–Crippen LogP) is 5.06. The first kappa shape index (κ1) is 24.4. The fourth-order valence-electron chi connectivity index (χ4n) is 2.99. The minimum atomic E-state index is -4.41. The number of alkyl halides is 3. The number of rotatable bonds is 10. The van der Waals surface area contributed by atoms with Crippen LogP contribution in [0.2, 0.25) is 0 Å². The molecule has 0 atom stereocenters. The van der Waals surface area contributed by atoms with Gasteiger partial charge in [0.2, 0.25) is 5.91 Å². The molecule has 0 radical (unpaired) electrons. The van der Waals surface area contributed by atoms with Crippen LogP contribution in [0.1, 0.15) is 25.2 Å². The van der Waals surface area contributed by atoms with E-state index in [-0.39, 0.29) is 18.2 Å². The molecule has 2 aromatic carbocycles. The zero-order chi connectivity index (χ0) is 23.8. The molecule has 0 saturated carbocycles. The van der Waals surface area contributed by atoms with Crippen LogP contribution in [0, 0.1) is 0 Å². The van der Waals surface area contributed by atoms with Gasteiger partial charge in [-0.25, -0.2) is 0 Å². The summed E-state index contributed by atoms with van der Waals surface area (Å²) in [4.78, 5) is 12.3. The van der Waals surface area contributed by atoms with Gasteiger partial charge in [0.1, 0.15) is 5.75 Å². The van der Waals surface area contributed by atoms with Crippen LogP contribution < -0.4 is 15.4 Å². The highest BCUT2D eigenvalue weighted by Crippen LogP contribution is 2.30.